The molecular weight excluding hydrogens is 250 g/mol. The molecule has 19 heavy (non-hydrogen) atoms. The summed E-state index contributed by atoms with van der Waals surface area (Å²) in [5, 5.41) is 30.0. The van der Waals surface area contributed by atoms with Crippen molar-refractivity contribution in [2.24, 2.45) is 0 Å². The van der Waals surface area contributed by atoms with E-state index in [0.29, 0.717) is 36.5 Å². The third-order valence-electron chi connectivity index (χ3n) is 3.47. The van der Waals surface area contributed by atoms with Crippen LogP contribution in [0.25, 0.3) is 0 Å². The summed E-state index contributed by atoms with van der Waals surface area (Å²) in [4.78, 5) is 16.7. The molecule has 0 saturated carbocycles. The van der Waals surface area contributed by atoms with Crippen molar-refractivity contribution in [1.82, 2.24) is 9.88 Å². The molecule has 104 valence electrons. The Morgan fingerprint density at radius 3 is 2.53 bits per heavy atom. The number of aliphatic hydroxyl groups excluding tert-OH is 2. The van der Waals surface area contributed by atoms with E-state index in [4.69, 9.17) is 0 Å². The van der Waals surface area contributed by atoms with Gasteiger partial charge in [-0.1, -0.05) is 0 Å². The molecule has 2 heterocycles. The standard InChI is InChI=1S/C12H17N3O4/c1-7-3-13-9(8(2)12(7)15(18)19)4-14-5-10(16)11(17)6-14/h3,10-11,16-17H,4-6H2,1-2H3. The summed E-state index contributed by atoms with van der Waals surface area (Å²) in [6.07, 6.45) is -0.0369. The maximum atomic E-state index is 11.0. The van der Waals surface area contributed by atoms with Crippen LogP contribution in [-0.4, -0.2) is 50.3 Å². The third kappa shape index (κ3) is 2.73. The van der Waals surface area contributed by atoms with Crippen molar-refractivity contribution >= 4 is 5.69 Å². The van der Waals surface area contributed by atoms with E-state index in [1.165, 1.54) is 6.20 Å². The van der Waals surface area contributed by atoms with Crippen LogP contribution in [0, 0.1) is 24.0 Å². The average Bonchev–Trinajstić information content (AvgIpc) is 2.62. The highest BCUT2D eigenvalue weighted by Crippen LogP contribution is 2.25. The van der Waals surface area contributed by atoms with E-state index in [2.05, 4.69) is 4.98 Å². The van der Waals surface area contributed by atoms with Crippen LogP contribution in [0.5, 0.6) is 0 Å². The van der Waals surface area contributed by atoms with Crippen molar-refractivity contribution in [2.75, 3.05) is 13.1 Å². The minimum Gasteiger partial charge on any atom is -0.389 e. The highest BCUT2D eigenvalue weighted by Gasteiger charge is 2.30. The van der Waals surface area contributed by atoms with Crippen LogP contribution in [0.3, 0.4) is 0 Å². The molecule has 1 aromatic heterocycles. The Kier molecular flexibility index (Phi) is 3.79. The number of aromatic nitrogens is 1. The summed E-state index contributed by atoms with van der Waals surface area (Å²) in [7, 11) is 0. The monoisotopic (exact) mass is 267 g/mol. The number of β-amino-alcohol motifs (C(OH)–C–C–N with tert-alkyl or cyclic N) is 2. The van der Waals surface area contributed by atoms with Gasteiger partial charge in [0.05, 0.1) is 22.8 Å². The quantitative estimate of drug-likeness (QED) is 0.597. The number of likely N-dealkylation sites (tertiary alicyclic amines) is 1. The number of rotatable bonds is 3. The SMILES string of the molecule is Cc1cnc(CN2CC(O)C(O)C2)c(C)c1[N+](=O)[O-]. The highest BCUT2D eigenvalue weighted by atomic mass is 16.6. The molecule has 2 N–H and O–H groups in total. The molecule has 0 aliphatic carbocycles. The lowest BCUT2D eigenvalue weighted by Crippen LogP contribution is -2.23. The Labute approximate surface area is 110 Å². The van der Waals surface area contributed by atoms with Crippen LogP contribution in [0.2, 0.25) is 0 Å². The fourth-order valence-corrected chi connectivity index (χ4v) is 2.39. The van der Waals surface area contributed by atoms with Crippen LogP contribution in [0.15, 0.2) is 6.20 Å². The van der Waals surface area contributed by atoms with Crippen LogP contribution in [0.1, 0.15) is 16.8 Å². The third-order valence-corrected chi connectivity index (χ3v) is 3.47. The molecule has 1 aliphatic rings. The van der Waals surface area contributed by atoms with E-state index in [9.17, 15) is 20.3 Å². The van der Waals surface area contributed by atoms with Gasteiger partial charge in [-0.05, 0) is 13.8 Å². The maximum absolute atomic E-state index is 11.0. The first-order valence-corrected chi connectivity index (χ1v) is 6.08. The van der Waals surface area contributed by atoms with Crippen molar-refractivity contribution in [1.29, 1.82) is 0 Å². The van der Waals surface area contributed by atoms with E-state index in [1.807, 2.05) is 4.90 Å². The van der Waals surface area contributed by atoms with Crippen LogP contribution in [-0.2, 0) is 6.54 Å². The lowest BCUT2D eigenvalue weighted by molar-refractivity contribution is -0.386. The molecule has 0 aromatic carbocycles. The maximum Gasteiger partial charge on any atom is 0.278 e. The number of pyridine rings is 1. The minimum atomic E-state index is -0.763. The van der Waals surface area contributed by atoms with Crippen molar-refractivity contribution in [3.8, 4) is 0 Å². The van der Waals surface area contributed by atoms with Gasteiger partial charge in [0.25, 0.3) is 5.69 Å². The normalized spacial score (nSPS) is 23.8. The van der Waals surface area contributed by atoms with Gasteiger partial charge < -0.3 is 10.2 Å². The van der Waals surface area contributed by atoms with Crippen LogP contribution in [0.4, 0.5) is 5.69 Å². The first-order chi connectivity index (χ1) is 8.90. The Morgan fingerprint density at radius 1 is 1.42 bits per heavy atom. The second kappa shape index (κ2) is 5.20. The average molecular weight is 267 g/mol. The molecule has 0 radical (unpaired) electrons. The van der Waals surface area contributed by atoms with Crippen molar-refractivity contribution in [3.05, 3.63) is 33.1 Å². The molecule has 7 nitrogen and oxygen atoms in total. The first-order valence-electron chi connectivity index (χ1n) is 6.08. The molecule has 1 aromatic rings. The number of aliphatic hydroxyl groups is 2. The minimum absolute atomic E-state index is 0.0882. The zero-order valence-corrected chi connectivity index (χ0v) is 10.9. The Balaban J connectivity index is 2.22. The Morgan fingerprint density at radius 2 is 2.00 bits per heavy atom. The van der Waals surface area contributed by atoms with E-state index in [0.717, 1.165) is 0 Å². The van der Waals surface area contributed by atoms with E-state index in [1.54, 1.807) is 13.8 Å². The number of nitro groups is 1. The van der Waals surface area contributed by atoms with E-state index in [-0.39, 0.29) is 5.69 Å². The Hall–Kier alpha value is -1.57. The second-order valence-corrected chi connectivity index (χ2v) is 4.95. The first kappa shape index (κ1) is 13.9. The van der Waals surface area contributed by atoms with Gasteiger partial charge in [-0.2, -0.15) is 0 Å². The van der Waals surface area contributed by atoms with E-state index >= 15 is 0 Å². The Bertz CT molecular complexity index is 496. The molecule has 2 atom stereocenters. The van der Waals surface area contributed by atoms with Gasteiger partial charge in [-0.15, -0.1) is 0 Å². The predicted molar refractivity (Wildman–Crippen MR) is 67.7 cm³/mol. The van der Waals surface area contributed by atoms with Crippen molar-refractivity contribution < 1.29 is 15.1 Å². The topological polar surface area (TPSA) is 99.7 Å². The molecule has 0 bridgehead atoms. The molecule has 2 rings (SSSR count). The van der Waals surface area contributed by atoms with Crippen LogP contribution < -0.4 is 0 Å². The summed E-state index contributed by atoms with van der Waals surface area (Å²) in [5.74, 6) is 0. The van der Waals surface area contributed by atoms with Gasteiger partial charge in [0.15, 0.2) is 0 Å². The van der Waals surface area contributed by atoms with Crippen molar-refractivity contribution in [3.63, 3.8) is 0 Å². The molecule has 1 aliphatic heterocycles. The fourth-order valence-electron chi connectivity index (χ4n) is 2.39. The largest absolute Gasteiger partial charge is 0.389 e. The summed E-state index contributed by atoms with van der Waals surface area (Å²) in [6, 6.07) is 0. The van der Waals surface area contributed by atoms with Gasteiger partial charge in [-0.3, -0.25) is 20.0 Å². The van der Waals surface area contributed by atoms with Gasteiger partial charge in [0, 0.05) is 37.0 Å². The highest BCUT2D eigenvalue weighted by molar-refractivity contribution is 5.47. The molecule has 2 unspecified atom stereocenters. The number of hydrogen-bond donors (Lipinski definition) is 2. The van der Waals surface area contributed by atoms with Gasteiger partial charge in [-0.25, -0.2) is 0 Å². The number of aryl methyl sites for hydroxylation is 1. The predicted octanol–water partition coefficient (Wildman–Crippen LogP) is 0.144. The zero-order chi connectivity index (χ0) is 14.2. The fraction of sp³-hybridized carbons (Fsp3) is 0.583. The molecule has 1 saturated heterocycles. The van der Waals surface area contributed by atoms with Gasteiger partial charge >= 0.3 is 0 Å². The smallest absolute Gasteiger partial charge is 0.278 e. The zero-order valence-electron chi connectivity index (χ0n) is 10.9. The lowest BCUT2D eigenvalue weighted by Gasteiger charge is -2.15. The molecule has 0 spiro atoms. The molecule has 1 fully saturated rings. The molecule has 7 heteroatoms. The number of hydrogen-bond acceptors (Lipinski definition) is 6. The molecule has 0 amide bonds. The van der Waals surface area contributed by atoms with Crippen molar-refractivity contribution in [2.45, 2.75) is 32.6 Å². The second-order valence-electron chi connectivity index (χ2n) is 4.95. The molecular formula is C12H17N3O4. The summed E-state index contributed by atoms with van der Waals surface area (Å²) >= 11 is 0. The van der Waals surface area contributed by atoms with Gasteiger partial charge in [0.1, 0.15) is 0 Å². The summed E-state index contributed by atoms with van der Waals surface area (Å²) in [5.41, 5.74) is 1.78. The summed E-state index contributed by atoms with van der Waals surface area (Å²) < 4.78 is 0. The lowest BCUT2D eigenvalue weighted by atomic mass is 10.1. The van der Waals surface area contributed by atoms with Gasteiger partial charge in [0.2, 0.25) is 0 Å². The summed E-state index contributed by atoms with van der Waals surface area (Å²) in [6.45, 7) is 4.43. The van der Waals surface area contributed by atoms with E-state index < -0.39 is 17.1 Å². The number of nitrogens with zero attached hydrogens (tertiary/aromatic N) is 3. The van der Waals surface area contributed by atoms with Crippen LogP contribution >= 0.6 is 0 Å².